The highest BCUT2D eigenvalue weighted by Gasteiger charge is 2.27. The van der Waals surface area contributed by atoms with Crippen LogP contribution in [-0.4, -0.2) is 38.3 Å². The summed E-state index contributed by atoms with van der Waals surface area (Å²) < 4.78 is 37.4. The van der Waals surface area contributed by atoms with Gasteiger partial charge in [0.1, 0.15) is 17.4 Å². The molecule has 0 aromatic heterocycles. The summed E-state index contributed by atoms with van der Waals surface area (Å²) in [6.07, 6.45) is 3.09. The van der Waals surface area contributed by atoms with Crippen LogP contribution in [0.1, 0.15) is 30.9 Å². The van der Waals surface area contributed by atoms with Crippen LogP contribution in [0.15, 0.2) is 48.5 Å². The number of hydrogen-bond acceptors (Lipinski definition) is 3. The Bertz CT molecular complexity index is 682. The first-order valence-corrected chi connectivity index (χ1v) is 9.54. The van der Waals surface area contributed by atoms with E-state index in [1.54, 1.807) is 19.2 Å². The lowest BCUT2D eigenvalue weighted by Crippen LogP contribution is -2.37. The van der Waals surface area contributed by atoms with Crippen LogP contribution in [0.5, 0.6) is 5.75 Å². The van der Waals surface area contributed by atoms with Crippen molar-refractivity contribution in [2.75, 3.05) is 33.4 Å². The molecule has 27 heavy (non-hydrogen) atoms. The molecule has 1 heterocycles. The van der Waals surface area contributed by atoms with Crippen molar-refractivity contribution in [2.45, 2.75) is 25.4 Å². The lowest BCUT2D eigenvalue weighted by Gasteiger charge is -2.35. The molecule has 0 amide bonds. The molecule has 0 bridgehead atoms. The summed E-state index contributed by atoms with van der Waals surface area (Å²) in [5, 5.41) is 0. The standard InChI is InChI=1S/C22H27F2NO2/c1-26-22(17-3-5-19(23)6-4-17)18-11-14-25(15-12-18)13-2-16-27-21-9-7-20(24)8-10-21/h3-10,18,22H,2,11-16H2,1H3. The molecule has 3 rings (SSSR count). The minimum atomic E-state index is -0.250. The van der Waals surface area contributed by atoms with E-state index in [9.17, 15) is 8.78 Å². The number of ether oxygens (including phenoxy) is 2. The predicted octanol–water partition coefficient (Wildman–Crippen LogP) is 4.83. The monoisotopic (exact) mass is 375 g/mol. The zero-order chi connectivity index (χ0) is 19.1. The minimum Gasteiger partial charge on any atom is -0.494 e. The Hall–Kier alpha value is -1.98. The van der Waals surface area contributed by atoms with Crippen molar-refractivity contribution < 1.29 is 18.3 Å². The molecule has 1 aliphatic rings. The van der Waals surface area contributed by atoms with Gasteiger partial charge in [0.25, 0.3) is 0 Å². The Morgan fingerprint density at radius 3 is 2.15 bits per heavy atom. The third kappa shape index (κ3) is 5.75. The van der Waals surface area contributed by atoms with Crippen LogP contribution < -0.4 is 4.74 Å². The first kappa shape index (κ1) is 19.8. The van der Waals surface area contributed by atoms with Gasteiger partial charge in [-0.15, -0.1) is 0 Å². The van der Waals surface area contributed by atoms with Crippen LogP contribution in [-0.2, 0) is 4.74 Å². The third-order valence-corrected chi connectivity index (χ3v) is 5.21. The Morgan fingerprint density at radius 2 is 1.56 bits per heavy atom. The molecule has 0 saturated carbocycles. The second-order valence-electron chi connectivity index (χ2n) is 7.04. The number of likely N-dealkylation sites (tertiary alicyclic amines) is 1. The SMILES string of the molecule is COC(c1ccc(F)cc1)C1CCN(CCCOc2ccc(F)cc2)CC1. The van der Waals surface area contributed by atoms with Gasteiger partial charge in [-0.1, -0.05) is 12.1 Å². The summed E-state index contributed by atoms with van der Waals surface area (Å²) in [6, 6.07) is 12.8. The first-order chi connectivity index (χ1) is 13.2. The van der Waals surface area contributed by atoms with Gasteiger partial charge in [-0.25, -0.2) is 8.78 Å². The maximum Gasteiger partial charge on any atom is 0.123 e. The molecule has 1 aliphatic heterocycles. The molecule has 146 valence electrons. The molecule has 1 saturated heterocycles. The average molecular weight is 375 g/mol. The van der Waals surface area contributed by atoms with Crippen molar-refractivity contribution in [3.05, 3.63) is 65.7 Å². The van der Waals surface area contributed by atoms with E-state index in [4.69, 9.17) is 9.47 Å². The van der Waals surface area contributed by atoms with Gasteiger partial charge in [-0.2, -0.15) is 0 Å². The highest BCUT2D eigenvalue weighted by Crippen LogP contribution is 2.33. The predicted molar refractivity (Wildman–Crippen MR) is 102 cm³/mol. The fraction of sp³-hybridized carbons (Fsp3) is 0.455. The van der Waals surface area contributed by atoms with E-state index in [2.05, 4.69) is 4.90 Å². The first-order valence-electron chi connectivity index (χ1n) is 9.54. The van der Waals surface area contributed by atoms with E-state index >= 15 is 0 Å². The van der Waals surface area contributed by atoms with Gasteiger partial charge in [-0.05, 0) is 80.2 Å². The maximum atomic E-state index is 13.1. The smallest absolute Gasteiger partial charge is 0.123 e. The van der Waals surface area contributed by atoms with E-state index in [1.807, 2.05) is 12.1 Å². The Balaban J connectivity index is 1.39. The van der Waals surface area contributed by atoms with E-state index in [0.29, 0.717) is 18.3 Å². The second kappa shape index (κ2) is 9.81. The number of piperidine rings is 1. The fourth-order valence-electron chi connectivity index (χ4n) is 3.74. The zero-order valence-corrected chi connectivity index (χ0v) is 15.7. The van der Waals surface area contributed by atoms with Crippen LogP contribution in [0.4, 0.5) is 8.78 Å². The molecule has 2 aromatic carbocycles. The van der Waals surface area contributed by atoms with E-state index < -0.39 is 0 Å². The van der Waals surface area contributed by atoms with Crippen molar-refractivity contribution in [2.24, 2.45) is 5.92 Å². The Kier molecular flexibility index (Phi) is 7.18. The molecule has 1 unspecified atom stereocenters. The lowest BCUT2D eigenvalue weighted by atomic mass is 9.87. The number of nitrogens with zero attached hydrogens (tertiary/aromatic N) is 1. The lowest BCUT2D eigenvalue weighted by molar-refractivity contribution is 0.0195. The normalized spacial score (nSPS) is 17.0. The van der Waals surface area contributed by atoms with Crippen LogP contribution in [0.3, 0.4) is 0 Å². The summed E-state index contributed by atoms with van der Waals surface area (Å²) in [6.45, 7) is 3.68. The van der Waals surface area contributed by atoms with Crippen LogP contribution >= 0.6 is 0 Å². The molecule has 2 aromatic rings. The maximum absolute atomic E-state index is 13.1. The Labute approximate surface area is 159 Å². The van der Waals surface area contributed by atoms with Gasteiger partial charge in [-0.3, -0.25) is 0 Å². The Morgan fingerprint density at radius 1 is 0.963 bits per heavy atom. The summed E-state index contributed by atoms with van der Waals surface area (Å²) in [5.41, 5.74) is 1.05. The van der Waals surface area contributed by atoms with E-state index in [0.717, 1.165) is 44.5 Å². The number of benzene rings is 2. The van der Waals surface area contributed by atoms with Crippen LogP contribution in [0, 0.1) is 17.6 Å². The summed E-state index contributed by atoms with van der Waals surface area (Å²) in [5.74, 6) is 0.691. The minimum absolute atomic E-state index is 0.0227. The van der Waals surface area contributed by atoms with Gasteiger partial charge >= 0.3 is 0 Å². The molecular formula is C22H27F2NO2. The van der Waals surface area contributed by atoms with Gasteiger partial charge in [0, 0.05) is 13.7 Å². The van der Waals surface area contributed by atoms with Crippen molar-refractivity contribution in [3.63, 3.8) is 0 Å². The van der Waals surface area contributed by atoms with E-state index in [-0.39, 0.29) is 17.7 Å². The van der Waals surface area contributed by atoms with Crippen molar-refractivity contribution in [3.8, 4) is 5.75 Å². The molecule has 0 aliphatic carbocycles. The second-order valence-corrected chi connectivity index (χ2v) is 7.04. The third-order valence-electron chi connectivity index (χ3n) is 5.21. The number of methoxy groups -OCH3 is 1. The molecule has 1 atom stereocenters. The highest BCUT2D eigenvalue weighted by atomic mass is 19.1. The number of hydrogen-bond donors (Lipinski definition) is 0. The van der Waals surface area contributed by atoms with E-state index in [1.165, 1.54) is 24.3 Å². The molecule has 3 nitrogen and oxygen atoms in total. The van der Waals surface area contributed by atoms with Crippen LogP contribution in [0.2, 0.25) is 0 Å². The quantitative estimate of drug-likeness (QED) is 0.617. The van der Waals surface area contributed by atoms with Crippen molar-refractivity contribution in [1.29, 1.82) is 0 Å². The summed E-state index contributed by atoms with van der Waals surface area (Å²) in [7, 11) is 1.73. The van der Waals surface area contributed by atoms with Gasteiger partial charge in [0.15, 0.2) is 0 Å². The summed E-state index contributed by atoms with van der Waals surface area (Å²) in [4.78, 5) is 2.45. The average Bonchev–Trinajstić information content (AvgIpc) is 2.70. The van der Waals surface area contributed by atoms with Gasteiger partial charge in [0.05, 0.1) is 12.7 Å². The molecule has 0 spiro atoms. The highest BCUT2D eigenvalue weighted by molar-refractivity contribution is 5.22. The number of halogens is 2. The summed E-state index contributed by atoms with van der Waals surface area (Å²) >= 11 is 0. The zero-order valence-electron chi connectivity index (χ0n) is 15.7. The fourth-order valence-corrected chi connectivity index (χ4v) is 3.74. The topological polar surface area (TPSA) is 21.7 Å². The van der Waals surface area contributed by atoms with Crippen molar-refractivity contribution >= 4 is 0 Å². The van der Waals surface area contributed by atoms with Gasteiger partial charge < -0.3 is 14.4 Å². The largest absolute Gasteiger partial charge is 0.494 e. The molecule has 0 N–H and O–H groups in total. The molecule has 0 radical (unpaired) electrons. The molecule has 5 heteroatoms. The number of rotatable bonds is 8. The van der Waals surface area contributed by atoms with Crippen LogP contribution in [0.25, 0.3) is 0 Å². The van der Waals surface area contributed by atoms with Crippen molar-refractivity contribution in [1.82, 2.24) is 4.90 Å². The molecular weight excluding hydrogens is 348 g/mol. The molecule has 1 fully saturated rings. The van der Waals surface area contributed by atoms with Gasteiger partial charge in [0.2, 0.25) is 0 Å².